The first-order valence-electron chi connectivity index (χ1n) is 16.0. The first-order chi connectivity index (χ1) is 20.9. The van der Waals surface area contributed by atoms with E-state index < -0.39 is 44.3 Å². The van der Waals surface area contributed by atoms with E-state index in [9.17, 15) is 23.4 Å². The predicted octanol–water partition coefficient (Wildman–Crippen LogP) is 2.02. The van der Waals surface area contributed by atoms with Gasteiger partial charge >= 0.3 is 5.97 Å². The Bertz CT molecular complexity index is 1440. The Morgan fingerprint density at radius 2 is 1.82 bits per heavy atom. The van der Waals surface area contributed by atoms with Gasteiger partial charge in [-0.3, -0.25) is 9.62 Å². The number of likely N-dealkylation sites (N-methyl/N-ethyl adjacent to an activating group) is 1. The molecule has 0 amide bonds. The van der Waals surface area contributed by atoms with E-state index in [0.717, 1.165) is 0 Å². The van der Waals surface area contributed by atoms with Gasteiger partial charge in [-0.25, -0.2) is 13.2 Å². The third-order valence-corrected chi connectivity index (χ3v) is 14.3. The highest BCUT2D eigenvalue weighted by Crippen LogP contribution is 2.79. The highest BCUT2D eigenvalue weighted by atomic mass is 32.2. The summed E-state index contributed by atoms with van der Waals surface area (Å²) in [6.07, 6.45) is 1.61. The second kappa shape index (κ2) is 10.1. The lowest BCUT2D eigenvalue weighted by Crippen LogP contribution is -2.83. The van der Waals surface area contributed by atoms with Crippen molar-refractivity contribution in [2.45, 2.75) is 87.1 Å². The molecule has 6 fully saturated rings. The summed E-state index contributed by atoms with van der Waals surface area (Å²) in [7, 11) is 1.37. The maximum atomic E-state index is 14.1. The number of rotatable bonds is 9. The number of benzene rings is 1. The minimum atomic E-state index is -3.63. The molecule has 1 unspecified atom stereocenters. The molecule has 3 N–H and O–H groups in total. The van der Waals surface area contributed by atoms with Crippen molar-refractivity contribution < 1.29 is 42.4 Å². The Kier molecular flexibility index (Phi) is 7.08. The Balaban J connectivity index is 1.36. The number of methoxy groups -OCH3 is 3. The van der Waals surface area contributed by atoms with E-state index in [1.165, 1.54) is 0 Å². The number of nitrogens with zero attached hydrogens (tertiary/aromatic N) is 1. The zero-order valence-electron chi connectivity index (χ0n) is 26.2. The van der Waals surface area contributed by atoms with Crippen molar-refractivity contribution in [1.82, 2.24) is 4.90 Å². The van der Waals surface area contributed by atoms with Crippen molar-refractivity contribution in [3.05, 3.63) is 29.8 Å². The number of hydrogen-bond donors (Lipinski definition) is 3. The number of carbonyl (C=O) groups excluding carboxylic acids is 1. The molecule has 1 spiro atoms. The Hall–Kier alpha value is -1.80. The molecule has 7 rings (SSSR count). The lowest BCUT2D eigenvalue weighted by molar-refractivity contribution is -0.337. The predicted molar refractivity (Wildman–Crippen MR) is 160 cm³/mol. The first kappa shape index (κ1) is 30.8. The van der Waals surface area contributed by atoms with Crippen LogP contribution in [0.25, 0.3) is 0 Å². The van der Waals surface area contributed by atoms with E-state index >= 15 is 0 Å². The van der Waals surface area contributed by atoms with Crippen molar-refractivity contribution in [1.29, 1.82) is 0 Å². The lowest BCUT2D eigenvalue weighted by atomic mass is 9.44. The van der Waals surface area contributed by atoms with Crippen molar-refractivity contribution in [3.63, 3.8) is 0 Å². The van der Waals surface area contributed by atoms with Gasteiger partial charge in [-0.1, -0.05) is 19.1 Å². The van der Waals surface area contributed by atoms with E-state index in [1.807, 2.05) is 0 Å². The van der Waals surface area contributed by atoms with Crippen LogP contribution < -0.4 is 4.72 Å². The Morgan fingerprint density at radius 1 is 1.07 bits per heavy atom. The van der Waals surface area contributed by atoms with Gasteiger partial charge < -0.3 is 29.2 Å². The SMILES string of the molecule is CCN1C[C@]2(OC(=O)c3ccccc3NS(=O)(=O)CC)CC[C@H](OC)[C@]34C1[C@H](C[C@H]23)[C@@]1(O)C[C@H](OC)[C@H]2C[C@@H]4[C@]1(O)[C@H]2OC. The van der Waals surface area contributed by atoms with Crippen LogP contribution in [0.5, 0.6) is 0 Å². The number of carbonyl (C=O) groups is 1. The fourth-order valence-corrected chi connectivity index (χ4v) is 12.3. The van der Waals surface area contributed by atoms with Gasteiger partial charge in [0.15, 0.2) is 0 Å². The third-order valence-electron chi connectivity index (χ3n) is 13.0. The molecule has 44 heavy (non-hydrogen) atoms. The van der Waals surface area contributed by atoms with Gasteiger partial charge in [0.2, 0.25) is 10.0 Å². The molecule has 5 aliphatic carbocycles. The van der Waals surface area contributed by atoms with Crippen LogP contribution in [-0.2, 0) is 29.0 Å². The summed E-state index contributed by atoms with van der Waals surface area (Å²) in [5.74, 6) is -1.68. The molecule has 0 aromatic heterocycles. The largest absolute Gasteiger partial charge is 0.454 e. The molecule has 12 heteroatoms. The van der Waals surface area contributed by atoms with E-state index in [0.29, 0.717) is 45.2 Å². The van der Waals surface area contributed by atoms with Crippen LogP contribution >= 0.6 is 0 Å². The van der Waals surface area contributed by atoms with Gasteiger partial charge in [-0.2, -0.15) is 0 Å². The van der Waals surface area contributed by atoms with Gasteiger partial charge in [0, 0.05) is 69.4 Å². The van der Waals surface area contributed by atoms with Crippen molar-refractivity contribution in [2.24, 2.45) is 29.1 Å². The molecule has 244 valence electrons. The number of ether oxygens (including phenoxy) is 4. The lowest BCUT2D eigenvalue weighted by Gasteiger charge is -2.70. The summed E-state index contributed by atoms with van der Waals surface area (Å²) in [6.45, 7) is 4.79. The van der Waals surface area contributed by atoms with Gasteiger partial charge in [0.25, 0.3) is 0 Å². The zero-order valence-corrected chi connectivity index (χ0v) is 27.0. The summed E-state index contributed by atoms with van der Waals surface area (Å²) < 4.78 is 52.5. The second-order valence-corrected chi connectivity index (χ2v) is 16.0. The number of para-hydroxylation sites is 1. The number of piperidine rings is 1. The summed E-state index contributed by atoms with van der Waals surface area (Å²) in [6, 6.07) is 6.46. The summed E-state index contributed by atoms with van der Waals surface area (Å²) in [4.78, 5) is 16.5. The van der Waals surface area contributed by atoms with E-state index in [1.54, 1.807) is 52.5 Å². The first-order valence-corrected chi connectivity index (χ1v) is 17.7. The van der Waals surface area contributed by atoms with Crippen molar-refractivity contribution >= 4 is 21.7 Å². The van der Waals surface area contributed by atoms with Crippen LogP contribution in [0.4, 0.5) is 5.69 Å². The summed E-state index contributed by atoms with van der Waals surface area (Å²) in [5, 5.41) is 25.7. The van der Waals surface area contributed by atoms with E-state index in [2.05, 4.69) is 16.5 Å². The van der Waals surface area contributed by atoms with Crippen LogP contribution in [0, 0.1) is 29.1 Å². The van der Waals surface area contributed by atoms with Gasteiger partial charge in [-0.15, -0.1) is 0 Å². The number of sulfonamides is 1. The maximum absolute atomic E-state index is 14.1. The average molecular weight is 635 g/mol. The molecule has 11 nitrogen and oxygen atoms in total. The average Bonchev–Trinajstić information content (AvgIpc) is 3.43. The monoisotopic (exact) mass is 634 g/mol. The van der Waals surface area contributed by atoms with Crippen LogP contribution in [0.1, 0.15) is 56.3 Å². The molecule has 0 radical (unpaired) electrons. The number of aliphatic hydroxyl groups is 2. The second-order valence-electron chi connectivity index (χ2n) is 14.0. The molecule has 6 aliphatic rings. The summed E-state index contributed by atoms with van der Waals surface area (Å²) in [5.41, 5.74) is -4.15. The molecule has 1 saturated heterocycles. The van der Waals surface area contributed by atoms with Crippen molar-refractivity contribution in [2.75, 3.05) is 44.9 Å². The van der Waals surface area contributed by atoms with E-state index in [4.69, 9.17) is 18.9 Å². The van der Waals surface area contributed by atoms with Crippen molar-refractivity contribution in [3.8, 4) is 0 Å². The number of nitrogens with one attached hydrogen (secondary N) is 1. The number of fused-ring (bicyclic) bond motifs is 2. The topological polar surface area (TPSA) is 144 Å². The fraction of sp³-hybridized carbons (Fsp3) is 0.781. The quantitative estimate of drug-likeness (QED) is 0.345. The zero-order chi connectivity index (χ0) is 31.4. The maximum Gasteiger partial charge on any atom is 0.340 e. The minimum absolute atomic E-state index is 0.0830. The van der Waals surface area contributed by atoms with Crippen LogP contribution in [0.15, 0.2) is 24.3 Å². The molecule has 7 bridgehead atoms. The van der Waals surface area contributed by atoms with Gasteiger partial charge in [0.1, 0.15) is 16.8 Å². The number of anilines is 1. The minimum Gasteiger partial charge on any atom is -0.454 e. The molecule has 1 aromatic rings. The third kappa shape index (κ3) is 3.59. The molecule has 1 aromatic carbocycles. The Labute approximate surface area is 259 Å². The molecule has 5 saturated carbocycles. The number of hydrogen-bond acceptors (Lipinski definition) is 10. The summed E-state index contributed by atoms with van der Waals surface area (Å²) >= 11 is 0. The molecular weight excluding hydrogens is 588 g/mol. The van der Waals surface area contributed by atoms with Crippen LogP contribution in [0.2, 0.25) is 0 Å². The highest BCUT2D eigenvalue weighted by molar-refractivity contribution is 7.92. The number of likely N-dealkylation sites (tertiary alicyclic amines) is 1. The van der Waals surface area contributed by atoms with Gasteiger partial charge in [0.05, 0.1) is 35.3 Å². The Morgan fingerprint density at radius 3 is 2.48 bits per heavy atom. The molecular formula is C32H46N2O9S. The van der Waals surface area contributed by atoms with E-state index in [-0.39, 0.29) is 58.9 Å². The molecule has 1 aliphatic heterocycles. The molecule has 1 heterocycles. The standard InChI is InChI=1S/C32H46N2O9S/c1-6-34-17-29(43-28(35)18-10-8-9-11-21(18)33-44(38,39)7-2)13-12-25(41-4)31-23(29)15-20(26(31)34)30(36)16-22(40-3)19-14-24(31)32(30,37)27(19)42-5/h8-11,19-20,22-27,33,36-37H,6-7,12-17H2,1-5H3/t19-,20+,22+,23-,24+,25+,26?,27+,29-,30+,31+,32+/m1/s1. The molecule has 12 atom stereocenters. The normalized spacial score (nSPS) is 47.0. The van der Waals surface area contributed by atoms with Crippen LogP contribution in [0.3, 0.4) is 0 Å². The fourth-order valence-electron chi connectivity index (χ4n) is 11.6. The number of esters is 1. The smallest absolute Gasteiger partial charge is 0.340 e. The highest BCUT2D eigenvalue weighted by Gasteiger charge is 2.89. The van der Waals surface area contributed by atoms with Gasteiger partial charge in [-0.05, 0) is 51.3 Å². The van der Waals surface area contributed by atoms with Crippen LogP contribution in [-0.4, -0.2) is 111 Å².